The van der Waals surface area contributed by atoms with Crippen molar-refractivity contribution in [3.63, 3.8) is 0 Å². The Hall–Kier alpha value is -1.36. The number of ether oxygens (including phenoxy) is 2. The molecule has 0 aliphatic carbocycles. The molecule has 1 N–H and O–H groups in total. The van der Waals surface area contributed by atoms with Crippen LogP contribution in [0, 0.1) is 5.92 Å². The quantitative estimate of drug-likeness (QED) is 0.393. The molecule has 2 unspecified atom stereocenters. The van der Waals surface area contributed by atoms with Crippen molar-refractivity contribution < 1.29 is 19.1 Å². The number of hydrogen-bond acceptors (Lipinski definition) is 4. The lowest BCUT2D eigenvalue weighted by atomic mass is 10.0. The zero-order valence-electron chi connectivity index (χ0n) is 12.3. The van der Waals surface area contributed by atoms with Crippen LogP contribution in [0.2, 0.25) is 0 Å². The number of carbonyl (C=O) groups excluding carboxylic acids is 2. The molecular formula is C14H25NO4. The molecule has 0 rings (SSSR count). The summed E-state index contributed by atoms with van der Waals surface area (Å²) in [7, 11) is 1.31. The molecule has 0 aliphatic rings. The number of esters is 1. The molecule has 0 spiro atoms. The standard InChI is InChI=1S/C14H25NO4/c1-6-7-8-19-11(4)13(16)15-12(9-10(2)3)14(17)18-5/h6,10-12H,1,7-9H2,2-5H3,(H,15,16). The number of carbonyl (C=O) groups is 2. The van der Waals surface area contributed by atoms with Crippen molar-refractivity contribution in [2.45, 2.75) is 45.8 Å². The zero-order chi connectivity index (χ0) is 14.8. The van der Waals surface area contributed by atoms with Crippen LogP contribution in [0.1, 0.15) is 33.6 Å². The lowest BCUT2D eigenvalue weighted by Crippen LogP contribution is -2.46. The van der Waals surface area contributed by atoms with Gasteiger partial charge in [-0.2, -0.15) is 0 Å². The normalized spacial score (nSPS) is 13.7. The van der Waals surface area contributed by atoms with Crippen molar-refractivity contribution in [1.29, 1.82) is 0 Å². The Morgan fingerprint density at radius 3 is 2.42 bits per heavy atom. The van der Waals surface area contributed by atoms with Crippen molar-refractivity contribution >= 4 is 11.9 Å². The zero-order valence-corrected chi connectivity index (χ0v) is 12.3. The van der Waals surface area contributed by atoms with E-state index in [2.05, 4.69) is 16.6 Å². The van der Waals surface area contributed by atoms with Crippen LogP contribution >= 0.6 is 0 Å². The molecule has 0 fully saturated rings. The van der Waals surface area contributed by atoms with Crippen molar-refractivity contribution in [2.75, 3.05) is 13.7 Å². The molecule has 110 valence electrons. The number of rotatable bonds is 9. The molecule has 5 nitrogen and oxygen atoms in total. The second kappa shape index (κ2) is 9.55. The SMILES string of the molecule is C=CCCOC(C)C(=O)NC(CC(C)C)C(=O)OC. The smallest absolute Gasteiger partial charge is 0.328 e. The van der Waals surface area contributed by atoms with Crippen LogP contribution in [0.3, 0.4) is 0 Å². The van der Waals surface area contributed by atoms with Crippen molar-refractivity contribution in [1.82, 2.24) is 5.32 Å². The van der Waals surface area contributed by atoms with Crippen LogP contribution < -0.4 is 5.32 Å². The largest absolute Gasteiger partial charge is 0.467 e. The molecular weight excluding hydrogens is 246 g/mol. The Balaban J connectivity index is 4.35. The average molecular weight is 271 g/mol. The van der Waals surface area contributed by atoms with Gasteiger partial charge in [-0.3, -0.25) is 4.79 Å². The van der Waals surface area contributed by atoms with Gasteiger partial charge in [-0.25, -0.2) is 4.79 Å². The number of hydrogen-bond donors (Lipinski definition) is 1. The maximum Gasteiger partial charge on any atom is 0.328 e. The Morgan fingerprint density at radius 2 is 1.95 bits per heavy atom. The van der Waals surface area contributed by atoms with Crippen molar-refractivity contribution in [3.05, 3.63) is 12.7 Å². The van der Waals surface area contributed by atoms with E-state index in [0.717, 1.165) is 0 Å². The Labute approximate surface area is 115 Å². The molecule has 2 atom stereocenters. The van der Waals surface area contributed by atoms with Gasteiger partial charge in [-0.15, -0.1) is 6.58 Å². The first-order valence-electron chi connectivity index (χ1n) is 6.53. The first kappa shape index (κ1) is 17.6. The van der Waals surface area contributed by atoms with Gasteiger partial charge in [0.1, 0.15) is 12.1 Å². The topological polar surface area (TPSA) is 64.6 Å². The number of nitrogens with one attached hydrogen (secondary N) is 1. The molecule has 19 heavy (non-hydrogen) atoms. The second-order valence-corrected chi connectivity index (χ2v) is 4.80. The third-order valence-corrected chi connectivity index (χ3v) is 2.57. The highest BCUT2D eigenvalue weighted by Crippen LogP contribution is 2.07. The summed E-state index contributed by atoms with van der Waals surface area (Å²) >= 11 is 0. The van der Waals surface area contributed by atoms with E-state index in [1.807, 2.05) is 13.8 Å². The van der Waals surface area contributed by atoms with Gasteiger partial charge in [-0.1, -0.05) is 19.9 Å². The van der Waals surface area contributed by atoms with Crippen LogP contribution in [-0.4, -0.2) is 37.7 Å². The van der Waals surface area contributed by atoms with E-state index < -0.39 is 18.1 Å². The molecule has 0 saturated carbocycles. The summed E-state index contributed by atoms with van der Waals surface area (Å²) in [5, 5.41) is 2.66. The van der Waals surface area contributed by atoms with Crippen molar-refractivity contribution in [2.24, 2.45) is 5.92 Å². The minimum Gasteiger partial charge on any atom is -0.467 e. The summed E-state index contributed by atoms with van der Waals surface area (Å²) in [4.78, 5) is 23.5. The van der Waals surface area contributed by atoms with E-state index >= 15 is 0 Å². The van der Waals surface area contributed by atoms with E-state index in [9.17, 15) is 9.59 Å². The summed E-state index contributed by atoms with van der Waals surface area (Å²) in [6.45, 7) is 9.62. The van der Waals surface area contributed by atoms with Gasteiger partial charge in [0.05, 0.1) is 13.7 Å². The summed E-state index contributed by atoms with van der Waals surface area (Å²) in [5.41, 5.74) is 0. The summed E-state index contributed by atoms with van der Waals surface area (Å²) < 4.78 is 10.0. The molecule has 0 radical (unpaired) electrons. The Bertz CT molecular complexity index is 302. The van der Waals surface area contributed by atoms with Crippen LogP contribution in [0.5, 0.6) is 0 Å². The molecule has 0 aromatic carbocycles. The maximum atomic E-state index is 11.9. The minimum absolute atomic E-state index is 0.279. The van der Waals surface area contributed by atoms with Gasteiger partial charge < -0.3 is 14.8 Å². The maximum absolute atomic E-state index is 11.9. The lowest BCUT2D eigenvalue weighted by molar-refractivity contribution is -0.147. The minimum atomic E-state index is -0.622. The molecule has 0 heterocycles. The van der Waals surface area contributed by atoms with Gasteiger partial charge in [0.15, 0.2) is 0 Å². The van der Waals surface area contributed by atoms with E-state index in [-0.39, 0.29) is 11.8 Å². The van der Waals surface area contributed by atoms with Crippen LogP contribution in [0.15, 0.2) is 12.7 Å². The fourth-order valence-corrected chi connectivity index (χ4v) is 1.52. The van der Waals surface area contributed by atoms with Crippen LogP contribution in [0.4, 0.5) is 0 Å². The molecule has 0 aliphatic heterocycles. The predicted molar refractivity (Wildman–Crippen MR) is 73.6 cm³/mol. The van der Waals surface area contributed by atoms with Crippen LogP contribution in [0.25, 0.3) is 0 Å². The molecule has 0 saturated heterocycles. The summed E-state index contributed by atoms with van der Waals surface area (Å²) in [6.07, 6.45) is 2.35. The molecule has 0 aromatic rings. The average Bonchev–Trinajstić information content (AvgIpc) is 2.36. The van der Waals surface area contributed by atoms with Crippen molar-refractivity contribution in [3.8, 4) is 0 Å². The lowest BCUT2D eigenvalue weighted by Gasteiger charge is -2.20. The van der Waals surface area contributed by atoms with Gasteiger partial charge in [-0.05, 0) is 25.7 Å². The highest BCUT2D eigenvalue weighted by Gasteiger charge is 2.25. The van der Waals surface area contributed by atoms with Gasteiger partial charge >= 0.3 is 5.97 Å². The molecule has 5 heteroatoms. The van der Waals surface area contributed by atoms with Crippen LogP contribution in [-0.2, 0) is 19.1 Å². The highest BCUT2D eigenvalue weighted by atomic mass is 16.5. The van der Waals surface area contributed by atoms with Gasteiger partial charge in [0.25, 0.3) is 0 Å². The molecule has 1 amide bonds. The monoisotopic (exact) mass is 271 g/mol. The molecule has 0 aromatic heterocycles. The van der Waals surface area contributed by atoms with E-state index in [1.54, 1.807) is 13.0 Å². The first-order chi connectivity index (χ1) is 8.92. The number of methoxy groups -OCH3 is 1. The Morgan fingerprint density at radius 1 is 1.32 bits per heavy atom. The summed E-state index contributed by atoms with van der Waals surface area (Å²) in [6, 6.07) is -0.622. The highest BCUT2D eigenvalue weighted by molar-refractivity contribution is 5.86. The van der Waals surface area contributed by atoms with E-state index in [4.69, 9.17) is 4.74 Å². The fourth-order valence-electron chi connectivity index (χ4n) is 1.52. The number of amides is 1. The molecule has 0 bridgehead atoms. The second-order valence-electron chi connectivity index (χ2n) is 4.80. The third-order valence-electron chi connectivity index (χ3n) is 2.57. The van der Waals surface area contributed by atoms with Gasteiger partial charge in [0.2, 0.25) is 5.91 Å². The van der Waals surface area contributed by atoms with E-state index in [1.165, 1.54) is 7.11 Å². The van der Waals surface area contributed by atoms with Gasteiger partial charge in [0, 0.05) is 0 Å². The summed E-state index contributed by atoms with van der Waals surface area (Å²) in [5.74, 6) is -0.457. The fraction of sp³-hybridized carbons (Fsp3) is 0.714. The third kappa shape index (κ3) is 7.62. The Kier molecular flexibility index (Phi) is 8.87. The van der Waals surface area contributed by atoms with E-state index in [0.29, 0.717) is 19.4 Å². The predicted octanol–water partition coefficient (Wildman–Crippen LogP) is 1.67. The first-order valence-corrected chi connectivity index (χ1v) is 6.53.